The number of phenols is 2. The molecule has 0 radical (unpaired) electrons. The Labute approximate surface area is 638 Å². The number of amides is 12. The minimum absolute atomic E-state index is 0.0531. The van der Waals surface area contributed by atoms with Gasteiger partial charge in [-0.1, -0.05) is 74.5 Å². The molecule has 0 aliphatic heterocycles. The van der Waals surface area contributed by atoms with E-state index in [1.54, 1.807) is 81.0 Å². The molecule has 2 heterocycles. The number of aliphatic hydroxyl groups excluding tert-OH is 1. The zero-order valence-electron chi connectivity index (χ0n) is 61.8. The Hall–Kier alpha value is -11.8. The molecule has 12 amide bonds. The molecule has 6 rings (SSSR count). The van der Waals surface area contributed by atoms with E-state index in [0.717, 1.165) is 0 Å². The number of nitrogens with one attached hydrogen (secondary N) is 15. The van der Waals surface area contributed by atoms with Gasteiger partial charge in [0.15, 0.2) is 5.96 Å². The third-order valence-corrected chi connectivity index (χ3v) is 18.3. The predicted octanol–water partition coefficient (Wildman–Crippen LogP) is -1.54. The summed E-state index contributed by atoms with van der Waals surface area (Å²) in [6.07, 6.45) is 1.57. The number of aromatic hydroxyl groups is 2. The number of carbonyl (C=O) groups excluding carboxylic acids is 12. The number of aromatic amines is 2. The summed E-state index contributed by atoms with van der Waals surface area (Å²) in [7, 11) is 0. The molecule has 0 saturated heterocycles. The van der Waals surface area contributed by atoms with Crippen LogP contribution in [0.5, 0.6) is 11.5 Å². The number of H-pyrrole nitrogens is 2. The zero-order chi connectivity index (χ0) is 80.9. The highest BCUT2D eigenvalue weighted by Crippen LogP contribution is 2.23. The molecule has 594 valence electrons. The summed E-state index contributed by atoms with van der Waals surface area (Å²) in [5.74, 6) is -13.0. The van der Waals surface area contributed by atoms with Gasteiger partial charge in [0.05, 0.1) is 18.7 Å². The fraction of sp³-hybridized carbons (Fsp3) is 0.432. The maximum Gasteiger partial charge on any atom is 0.326 e. The number of rotatable bonds is 44. The Balaban J connectivity index is 1.26. The number of guanidine groups is 1. The number of thioether (sulfide) groups is 1. The second-order valence-electron chi connectivity index (χ2n) is 27.1. The molecule has 0 spiro atoms. The summed E-state index contributed by atoms with van der Waals surface area (Å²) in [6.45, 7) is 6.78. The third-order valence-electron chi connectivity index (χ3n) is 17.6. The maximum atomic E-state index is 15.1. The van der Waals surface area contributed by atoms with E-state index >= 15 is 9.59 Å². The minimum atomic E-state index is -1.73. The van der Waals surface area contributed by atoms with Gasteiger partial charge in [-0.05, 0) is 129 Å². The number of primary amides is 1. The van der Waals surface area contributed by atoms with E-state index in [2.05, 4.69) is 73.8 Å². The summed E-state index contributed by atoms with van der Waals surface area (Å²) >= 11 is 1.38. The van der Waals surface area contributed by atoms with E-state index in [4.69, 9.17) is 22.6 Å². The van der Waals surface area contributed by atoms with Crippen molar-refractivity contribution < 1.29 is 82.8 Å². The van der Waals surface area contributed by atoms with Crippen LogP contribution in [0.1, 0.15) is 95.4 Å². The number of para-hydroxylation sites is 2. The first-order chi connectivity index (χ1) is 52.2. The van der Waals surface area contributed by atoms with Gasteiger partial charge in [0, 0.05) is 72.8 Å². The molecular formula is C74H100N18O17S. The lowest BCUT2D eigenvalue weighted by molar-refractivity contribution is -0.142. The van der Waals surface area contributed by atoms with Crippen molar-refractivity contribution in [3.8, 4) is 11.5 Å². The van der Waals surface area contributed by atoms with Crippen molar-refractivity contribution in [3.05, 3.63) is 132 Å². The second-order valence-corrected chi connectivity index (χ2v) is 28.1. The summed E-state index contributed by atoms with van der Waals surface area (Å²) in [4.78, 5) is 188. The minimum Gasteiger partial charge on any atom is -0.508 e. The third kappa shape index (κ3) is 27.8. The van der Waals surface area contributed by atoms with Gasteiger partial charge in [-0.3, -0.25) is 62.9 Å². The number of hydrogen-bond acceptors (Lipinski definition) is 19. The van der Waals surface area contributed by atoms with E-state index in [-0.39, 0.29) is 81.3 Å². The molecule has 0 aliphatic rings. The van der Waals surface area contributed by atoms with Gasteiger partial charge in [-0.2, -0.15) is 11.8 Å². The Kier molecular flexibility index (Phi) is 33.8. The summed E-state index contributed by atoms with van der Waals surface area (Å²) in [6, 6.07) is 9.10. The fourth-order valence-electron chi connectivity index (χ4n) is 11.7. The Morgan fingerprint density at radius 1 is 0.482 bits per heavy atom. The number of nitrogens with two attached hydrogens (primary N) is 3. The Bertz CT molecular complexity index is 4210. The smallest absolute Gasteiger partial charge is 0.326 e. The van der Waals surface area contributed by atoms with Crippen LogP contribution < -0.4 is 81.0 Å². The Morgan fingerprint density at radius 2 is 0.918 bits per heavy atom. The van der Waals surface area contributed by atoms with Gasteiger partial charge >= 0.3 is 5.97 Å². The molecular weight excluding hydrogens is 1440 g/mol. The van der Waals surface area contributed by atoms with Crippen molar-refractivity contribution in [2.24, 2.45) is 23.1 Å². The molecule has 25 N–H and O–H groups in total. The first-order valence-electron chi connectivity index (χ1n) is 35.7. The van der Waals surface area contributed by atoms with Crippen LogP contribution in [0.2, 0.25) is 0 Å². The SMILES string of the molecule is CSCC[C@H](NC(=O)[C@H](C)N)C(=O)N[C@H](C(=O)N[C@@H](Cc1c[nH]c2ccccc12)C(=O)N[C@@H](CCC(N)=O)C(=O)N[C@@H](C)C(=O)N[C@@H](Cc1ccc(O)cc1)C(=O)N[C@@H](Cc1c[nH]c2ccccc12)C(=O)N[C@@H](CC(C)C)C(=O)N[C@@H](Cc1ccc(O)cc1)C(=O)NCC(=O)N[C@@H](CCCNC(=N)N)C(=O)O)[C@@H](C)O. The highest BCUT2D eigenvalue weighted by Gasteiger charge is 2.38. The van der Waals surface area contributed by atoms with Crippen LogP contribution in [0.15, 0.2) is 109 Å². The number of benzene rings is 4. The molecule has 0 unspecified atom stereocenters. The van der Waals surface area contributed by atoms with Crippen molar-refractivity contribution in [2.75, 3.05) is 25.1 Å². The normalized spacial score (nSPS) is 14.5. The van der Waals surface area contributed by atoms with Crippen LogP contribution in [0.3, 0.4) is 0 Å². The van der Waals surface area contributed by atoms with Gasteiger partial charge < -0.3 is 111 Å². The zero-order valence-corrected chi connectivity index (χ0v) is 62.6. The van der Waals surface area contributed by atoms with E-state index in [1.807, 2.05) is 0 Å². The van der Waals surface area contributed by atoms with Gasteiger partial charge in [-0.15, -0.1) is 0 Å². The van der Waals surface area contributed by atoms with E-state index < -0.39 is 169 Å². The van der Waals surface area contributed by atoms with Crippen LogP contribution >= 0.6 is 11.8 Å². The molecule has 2 aromatic heterocycles. The van der Waals surface area contributed by atoms with Gasteiger partial charge in [-0.25, -0.2) is 4.79 Å². The molecule has 36 heteroatoms. The monoisotopic (exact) mass is 1540 g/mol. The van der Waals surface area contributed by atoms with E-state index in [1.165, 1.54) is 81.1 Å². The molecule has 6 aromatic rings. The summed E-state index contributed by atoms with van der Waals surface area (Å²) in [5, 5.41) is 80.5. The number of hydrogen-bond donors (Lipinski definition) is 22. The first-order valence-corrected chi connectivity index (χ1v) is 37.1. The van der Waals surface area contributed by atoms with E-state index in [9.17, 15) is 73.2 Å². The lowest BCUT2D eigenvalue weighted by Crippen LogP contribution is -2.62. The second kappa shape index (κ2) is 42.7. The lowest BCUT2D eigenvalue weighted by Gasteiger charge is -2.28. The standard InChI is InChI=1S/C74H100N18O17S/c1-38(2)30-55(68(103)89-56(31-42-17-21-46(94)22-18-42)65(100)82-37-61(97)84-54(73(108)109)16-11-28-79-74(77)78)88-71(106)58(33-44-35-80-50-14-9-7-12-48(44)50)90-69(104)57(32-43-19-23-47(95)24-20-43)87-64(99)40(4)83-66(101)52(25-26-60(76)96)86-70(105)59(34-45-36-81-51-15-10-8-13-49(45)51)91-72(107)62(41(5)93)92-67(102)53(27-29-110-6)85-63(98)39(3)75/h7-10,12-15,17-24,35-36,38-41,52-59,62,80-81,93-95H,11,16,25-34,37,75H2,1-6H3,(H2,76,96)(H,82,100)(H,83,101)(H,84,97)(H,85,98)(H,86,105)(H,87,99)(H,88,106)(H,89,103)(H,90,104)(H,91,107)(H,92,102)(H,108,109)(H4,77,78,79)/t39-,40-,41+,52-,53-,54-,55-,56-,57-,58-,59-,62-/m0/s1. The summed E-state index contributed by atoms with van der Waals surface area (Å²) < 4.78 is 0. The predicted molar refractivity (Wildman–Crippen MR) is 409 cm³/mol. The van der Waals surface area contributed by atoms with Gasteiger partial charge in [0.1, 0.15) is 71.9 Å². The van der Waals surface area contributed by atoms with Gasteiger partial charge in [0.25, 0.3) is 0 Å². The number of aliphatic hydroxyl groups is 1. The average Bonchev–Trinajstić information content (AvgIpc) is 1.64. The molecule has 0 aliphatic carbocycles. The molecule has 4 aromatic carbocycles. The number of carboxylic acids is 1. The number of carboxylic acid groups (broad SMARTS) is 1. The van der Waals surface area contributed by atoms with Crippen LogP contribution in [0.25, 0.3) is 21.8 Å². The van der Waals surface area contributed by atoms with Crippen molar-refractivity contribution in [2.45, 2.75) is 171 Å². The number of fused-ring (bicyclic) bond motifs is 2. The van der Waals surface area contributed by atoms with Crippen LogP contribution in [0, 0.1) is 11.3 Å². The number of aliphatic carboxylic acids is 1. The Morgan fingerprint density at radius 3 is 1.40 bits per heavy atom. The van der Waals surface area contributed by atoms with Crippen LogP contribution in [-0.2, 0) is 88.0 Å². The van der Waals surface area contributed by atoms with E-state index in [0.29, 0.717) is 49.8 Å². The highest BCUT2D eigenvalue weighted by atomic mass is 32.2. The van der Waals surface area contributed by atoms with Crippen molar-refractivity contribution in [3.63, 3.8) is 0 Å². The number of aromatic nitrogens is 2. The lowest BCUT2D eigenvalue weighted by atomic mass is 9.99. The first kappa shape index (κ1) is 87.1. The fourth-order valence-corrected chi connectivity index (χ4v) is 12.2. The molecule has 0 saturated carbocycles. The van der Waals surface area contributed by atoms with Crippen molar-refractivity contribution >= 4 is 116 Å². The molecule has 0 bridgehead atoms. The largest absolute Gasteiger partial charge is 0.508 e. The molecule has 12 atom stereocenters. The maximum absolute atomic E-state index is 15.1. The van der Waals surface area contributed by atoms with Crippen molar-refractivity contribution in [1.29, 1.82) is 5.41 Å². The average molecular weight is 1550 g/mol. The van der Waals surface area contributed by atoms with Crippen molar-refractivity contribution in [1.82, 2.24) is 73.8 Å². The quantitative estimate of drug-likeness (QED) is 0.0117. The molecule has 0 fully saturated rings. The van der Waals surface area contributed by atoms with Crippen LogP contribution in [0.4, 0.5) is 0 Å². The topological polar surface area (TPSA) is 581 Å². The van der Waals surface area contributed by atoms with Gasteiger partial charge in [0.2, 0.25) is 70.9 Å². The molecule has 110 heavy (non-hydrogen) atoms. The number of phenolic OH excluding ortho intramolecular Hbond substituents is 2. The van der Waals surface area contributed by atoms with Crippen LogP contribution in [-0.4, -0.2) is 211 Å². The molecule has 35 nitrogen and oxygen atoms in total. The summed E-state index contributed by atoms with van der Waals surface area (Å²) in [5.41, 5.74) is 19.8. The highest BCUT2D eigenvalue weighted by molar-refractivity contribution is 7.98. The number of carbonyl (C=O) groups is 13.